The van der Waals surface area contributed by atoms with Gasteiger partial charge in [-0.25, -0.2) is 0 Å². The summed E-state index contributed by atoms with van der Waals surface area (Å²) in [6.07, 6.45) is 0.514. The van der Waals surface area contributed by atoms with Crippen LogP contribution in [0.5, 0.6) is 0 Å². The van der Waals surface area contributed by atoms with Crippen molar-refractivity contribution < 1.29 is 5.11 Å². The summed E-state index contributed by atoms with van der Waals surface area (Å²) in [5.41, 5.74) is 5.07. The van der Waals surface area contributed by atoms with E-state index in [0.29, 0.717) is 0 Å². The number of hydrogen-bond donors (Lipinski definition) is 1. The summed E-state index contributed by atoms with van der Waals surface area (Å²) in [7, 11) is 0. The maximum absolute atomic E-state index is 10.7. The van der Waals surface area contributed by atoms with Crippen LogP contribution >= 0.6 is 0 Å². The summed E-state index contributed by atoms with van der Waals surface area (Å²) in [4.78, 5) is 0. The molecule has 0 amide bonds. The van der Waals surface area contributed by atoms with E-state index in [1.807, 2.05) is 0 Å². The molecule has 2 aromatic rings. The predicted molar refractivity (Wildman–Crippen MR) is 76.4 cm³/mol. The molecule has 0 unspecified atom stereocenters. The van der Waals surface area contributed by atoms with Gasteiger partial charge in [-0.15, -0.1) is 0 Å². The van der Waals surface area contributed by atoms with Crippen LogP contribution in [0.15, 0.2) is 48.5 Å². The summed E-state index contributed by atoms with van der Waals surface area (Å²) in [6.45, 7) is 4.46. The minimum Gasteiger partial charge on any atom is -0.392 e. The molecule has 96 valence electrons. The van der Waals surface area contributed by atoms with Gasteiger partial charge in [-0.3, -0.25) is 0 Å². The minimum absolute atomic E-state index is 0.0512. The lowest BCUT2D eigenvalue weighted by molar-refractivity contribution is 0.0586. The first-order valence-corrected chi connectivity index (χ1v) is 6.96. The first kappa shape index (κ1) is 11.2. The quantitative estimate of drug-likeness (QED) is 0.760. The first-order valence-electron chi connectivity index (χ1n) is 6.96. The van der Waals surface area contributed by atoms with Crippen molar-refractivity contribution in [1.82, 2.24) is 0 Å². The molecule has 0 spiro atoms. The van der Waals surface area contributed by atoms with E-state index >= 15 is 0 Å². The average molecular weight is 250 g/mol. The first-order chi connectivity index (χ1) is 9.08. The Labute approximate surface area is 113 Å². The van der Waals surface area contributed by atoms with E-state index < -0.39 is 0 Å². The van der Waals surface area contributed by atoms with Gasteiger partial charge in [0.25, 0.3) is 0 Å². The molecule has 19 heavy (non-hydrogen) atoms. The van der Waals surface area contributed by atoms with Crippen LogP contribution in [-0.2, 0) is 10.8 Å². The van der Waals surface area contributed by atoms with Gasteiger partial charge in [0.2, 0.25) is 0 Å². The second kappa shape index (κ2) is 3.29. The summed E-state index contributed by atoms with van der Waals surface area (Å²) in [6, 6.07) is 17.2. The normalized spacial score (nSPS) is 34.8. The van der Waals surface area contributed by atoms with E-state index in [4.69, 9.17) is 0 Å². The van der Waals surface area contributed by atoms with Crippen LogP contribution in [0, 0.1) is 0 Å². The zero-order chi connectivity index (χ0) is 13.3. The van der Waals surface area contributed by atoms with Crippen molar-refractivity contribution in [3.05, 3.63) is 70.8 Å². The fraction of sp³-hybridized carbons (Fsp3) is 0.333. The molecule has 1 nitrogen and oxygen atoms in total. The summed E-state index contributed by atoms with van der Waals surface area (Å²) in [5.74, 6) is 0. The van der Waals surface area contributed by atoms with Crippen molar-refractivity contribution in [3.63, 3.8) is 0 Å². The van der Waals surface area contributed by atoms with Gasteiger partial charge >= 0.3 is 0 Å². The smallest absolute Gasteiger partial charge is 0.0686 e. The van der Waals surface area contributed by atoms with E-state index in [2.05, 4.69) is 62.4 Å². The highest BCUT2D eigenvalue weighted by atomic mass is 16.3. The van der Waals surface area contributed by atoms with Gasteiger partial charge in [0.1, 0.15) is 0 Å². The maximum Gasteiger partial charge on any atom is 0.0686 e. The standard InChI is InChI=1S/C18H18O/c1-17-11-16(19)18(2,14-9-5-3-7-12(14)17)15-10-6-4-8-13(15)17/h3-10,16,19H,11H2,1-2H3/t16-,17?,18?/m0/s1. The molecule has 3 aliphatic carbocycles. The van der Waals surface area contributed by atoms with Crippen LogP contribution in [0.3, 0.4) is 0 Å². The molecule has 1 heteroatoms. The largest absolute Gasteiger partial charge is 0.392 e. The van der Waals surface area contributed by atoms with Crippen LogP contribution in [0.4, 0.5) is 0 Å². The highest BCUT2D eigenvalue weighted by Crippen LogP contribution is 2.58. The lowest BCUT2D eigenvalue weighted by Crippen LogP contribution is -2.54. The van der Waals surface area contributed by atoms with E-state index in [1.165, 1.54) is 22.3 Å². The number of fused-ring (bicyclic) bond motifs is 1. The van der Waals surface area contributed by atoms with E-state index in [1.54, 1.807) is 0 Å². The molecular formula is C18H18O. The second-order valence-corrected chi connectivity index (χ2v) is 6.35. The molecule has 3 aliphatic rings. The van der Waals surface area contributed by atoms with Gasteiger partial charge in [0.15, 0.2) is 0 Å². The number of aliphatic hydroxyl groups excluding tert-OH is 1. The molecule has 0 radical (unpaired) electrons. The molecule has 0 aliphatic heterocycles. The Balaban J connectivity index is 2.17. The molecule has 1 atom stereocenters. The number of benzene rings is 2. The molecule has 2 aromatic carbocycles. The topological polar surface area (TPSA) is 20.2 Å². The van der Waals surface area contributed by atoms with Gasteiger partial charge in [-0.1, -0.05) is 55.5 Å². The molecule has 0 aromatic heterocycles. The Bertz CT molecular complexity index is 623. The zero-order valence-electron chi connectivity index (χ0n) is 11.4. The lowest BCUT2D eigenvalue weighted by Gasteiger charge is -2.55. The van der Waals surface area contributed by atoms with Gasteiger partial charge in [0.05, 0.1) is 6.10 Å². The average Bonchev–Trinajstić information content (AvgIpc) is 2.44. The summed E-state index contributed by atoms with van der Waals surface area (Å²) < 4.78 is 0. The highest BCUT2D eigenvalue weighted by molar-refractivity contribution is 5.62. The monoisotopic (exact) mass is 250 g/mol. The third kappa shape index (κ3) is 1.11. The SMILES string of the molecule is CC12C[C@H](O)C(C)(c3ccccc31)c1ccccc12. The van der Waals surface area contributed by atoms with Crippen LogP contribution in [0.1, 0.15) is 42.5 Å². The minimum atomic E-state index is -0.303. The zero-order valence-corrected chi connectivity index (χ0v) is 11.4. The van der Waals surface area contributed by atoms with E-state index in [-0.39, 0.29) is 16.9 Å². The Morgan fingerprint density at radius 3 is 1.74 bits per heavy atom. The van der Waals surface area contributed by atoms with Crippen molar-refractivity contribution in [1.29, 1.82) is 0 Å². The molecule has 0 saturated carbocycles. The molecule has 2 bridgehead atoms. The van der Waals surface area contributed by atoms with Crippen molar-refractivity contribution in [2.75, 3.05) is 0 Å². The Kier molecular flexibility index (Phi) is 1.95. The molecular weight excluding hydrogens is 232 g/mol. The van der Waals surface area contributed by atoms with Gasteiger partial charge < -0.3 is 5.11 Å². The molecule has 5 rings (SSSR count). The van der Waals surface area contributed by atoms with Gasteiger partial charge in [0, 0.05) is 10.8 Å². The van der Waals surface area contributed by atoms with Gasteiger partial charge in [-0.2, -0.15) is 0 Å². The third-order valence-electron chi connectivity index (χ3n) is 5.43. The molecule has 0 saturated heterocycles. The summed E-state index contributed by atoms with van der Waals surface area (Å²) in [5, 5.41) is 10.7. The Morgan fingerprint density at radius 2 is 1.26 bits per heavy atom. The summed E-state index contributed by atoms with van der Waals surface area (Å²) >= 11 is 0. The van der Waals surface area contributed by atoms with Crippen LogP contribution < -0.4 is 0 Å². The van der Waals surface area contributed by atoms with Crippen molar-refractivity contribution >= 4 is 0 Å². The lowest BCUT2D eigenvalue weighted by atomic mass is 9.49. The second-order valence-electron chi connectivity index (χ2n) is 6.35. The van der Waals surface area contributed by atoms with Crippen LogP contribution in [0.2, 0.25) is 0 Å². The van der Waals surface area contributed by atoms with Crippen molar-refractivity contribution in [2.45, 2.75) is 37.2 Å². The van der Waals surface area contributed by atoms with Gasteiger partial charge in [-0.05, 0) is 35.6 Å². The maximum atomic E-state index is 10.7. The fourth-order valence-corrected chi connectivity index (χ4v) is 4.29. The molecule has 0 heterocycles. The van der Waals surface area contributed by atoms with Crippen LogP contribution in [0.25, 0.3) is 0 Å². The van der Waals surface area contributed by atoms with E-state index in [0.717, 1.165) is 6.42 Å². The Morgan fingerprint density at radius 1 is 0.842 bits per heavy atom. The Hall–Kier alpha value is -1.60. The number of aliphatic hydroxyl groups is 1. The molecule has 1 N–H and O–H groups in total. The van der Waals surface area contributed by atoms with Crippen molar-refractivity contribution in [3.8, 4) is 0 Å². The highest BCUT2D eigenvalue weighted by Gasteiger charge is 2.55. The van der Waals surface area contributed by atoms with Crippen LogP contribution in [-0.4, -0.2) is 11.2 Å². The van der Waals surface area contributed by atoms with Crippen molar-refractivity contribution in [2.24, 2.45) is 0 Å². The fourth-order valence-electron chi connectivity index (χ4n) is 4.29. The third-order valence-corrected chi connectivity index (χ3v) is 5.43. The number of hydrogen-bond acceptors (Lipinski definition) is 1. The number of rotatable bonds is 0. The van der Waals surface area contributed by atoms with E-state index in [9.17, 15) is 5.11 Å². The predicted octanol–water partition coefficient (Wildman–Crippen LogP) is 3.38. The molecule has 0 fully saturated rings.